The van der Waals surface area contributed by atoms with Crippen molar-refractivity contribution in [1.82, 2.24) is 24.4 Å². The Morgan fingerprint density at radius 1 is 1.09 bits per heavy atom. The third kappa shape index (κ3) is 6.42. The molecule has 3 aliphatic heterocycles. The van der Waals surface area contributed by atoms with Crippen LogP contribution in [0.2, 0.25) is 0 Å². The predicted octanol–water partition coefficient (Wildman–Crippen LogP) is -2.42. The lowest BCUT2D eigenvalue weighted by Crippen LogP contribution is -2.43. The van der Waals surface area contributed by atoms with Crippen LogP contribution in [0.5, 0.6) is 0 Å². The van der Waals surface area contributed by atoms with Gasteiger partial charge in [0.1, 0.15) is 42.4 Å². The number of imidazole rings is 1. The number of phosphoric acid groups is 2. The van der Waals surface area contributed by atoms with Crippen LogP contribution in [-0.4, -0.2) is 119 Å². The number of carbonyl (C=O) groups excluding carboxylic acids is 1. The van der Waals surface area contributed by atoms with E-state index in [4.69, 9.17) is 30.0 Å². The Morgan fingerprint density at radius 3 is 2.52 bits per heavy atom. The highest BCUT2D eigenvalue weighted by Crippen LogP contribution is 2.64. The fourth-order valence-corrected chi connectivity index (χ4v) is 7.06. The standard InChI is InChI=1S/C21H29N7O14P2/c1-37-44(36,41-21-15(32)14(31)20(40-21)28-8-26-11-16(22)24-7-25-18(11)28)42-43(34,35)38-6-10-12(29)13(30)19(39-10)27-4-2-3-9(5-27)17(23)33/h2-4,7-8,10,12-15,19-21,29-32H,5-6H2,1H3,(H2,23,33)(H,34,35)(H2,22,24,25)/t10-,12+,13-,14-,15-,19-,20-,21-,44?/m1/s1. The molecule has 0 aromatic carbocycles. The number of anilines is 1. The lowest BCUT2D eigenvalue weighted by molar-refractivity contribution is -0.135. The van der Waals surface area contributed by atoms with Crippen LogP contribution in [0.15, 0.2) is 36.6 Å². The van der Waals surface area contributed by atoms with E-state index < -0.39 is 77.4 Å². The maximum absolute atomic E-state index is 13.1. The van der Waals surface area contributed by atoms with Crippen LogP contribution in [0, 0.1) is 0 Å². The lowest BCUT2D eigenvalue weighted by atomic mass is 10.1. The van der Waals surface area contributed by atoms with Gasteiger partial charge in [-0.25, -0.2) is 24.1 Å². The highest BCUT2D eigenvalue weighted by molar-refractivity contribution is 7.61. The van der Waals surface area contributed by atoms with Gasteiger partial charge >= 0.3 is 15.6 Å². The van der Waals surface area contributed by atoms with Crippen molar-refractivity contribution in [1.29, 1.82) is 0 Å². The number of aromatic nitrogens is 4. The molecule has 5 heterocycles. The minimum atomic E-state index is -5.33. The molecule has 2 unspecified atom stereocenters. The van der Waals surface area contributed by atoms with Crippen molar-refractivity contribution in [3.63, 3.8) is 0 Å². The van der Waals surface area contributed by atoms with E-state index in [2.05, 4.69) is 23.8 Å². The van der Waals surface area contributed by atoms with Crippen LogP contribution in [0.25, 0.3) is 11.2 Å². The minimum Gasteiger partial charge on any atom is -0.387 e. The molecule has 0 bridgehead atoms. The van der Waals surface area contributed by atoms with Gasteiger partial charge in [-0.15, -0.1) is 0 Å². The van der Waals surface area contributed by atoms with Crippen LogP contribution in [0.4, 0.5) is 5.82 Å². The molecule has 2 aromatic heterocycles. The number of carbonyl (C=O) groups is 1. The third-order valence-electron chi connectivity index (χ3n) is 6.83. The first-order chi connectivity index (χ1) is 20.7. The number of hydrogen-bond acceptors (Lipinski definition) is 18. The van der Waals surface area contributed by atoms with Crippen molar-refractivity contribution in [2.75, 3.05) is 26.0 Å². The molecule has 0 aliphatic carbocycles. The molecule has 0 radical (unpaired) electrons. The molecular formula is C21H29N7O14P2. The smallest absolute Gasteiger partial charge is 0.387 e. The molecule has 21 nitrogen and oxygen atoms in total. The molecular weight excluding hydrogens is 636 g/mol. The number of primary amides is 1. The summed E-state index contributed by atoms with van der Waals surface area (Å²) in [6.07, 6.45) is -5.92. The number of phosphoric ester groups is 2. The molecule has 5 rings (SSSR count). The van der Waals surface area contributed by atoms with E-state index in [0.717, 1.165) is 13.4 Å². The van der Waals surface area contributed by atoms with Crippen molar-refractivity contribution in [3.8, 4) is 0 Å². The second-order valence-electron chi connectivity index (χ2n) is 9.66. The Labute approximate surface area is 247 Å². The van der Waals surface area contributed by atoms with Gasteiger partial charge in [0, 0.05) is 18.9 Å². The fourth-order valence-electron chi connectivity index (χ4n) is 4.59. The van der Waals surface area contributed by atoms with E-state index in [1.54, 1.807) is 0 Å². The van der Waals surface area contributed by atoms with Gasteiger partial charge in [-0.3, -0.25) is 22.9 Å². The number of amides is 1. The van der Waals surface area contributed by atoms with Crippen LogP contribution in [0.3, 0.4) is 0 Å². The van der Waals surface area contributed by atoms with Crippen molar-refractivity contribution in [3.05, 3.63) is 36.6 Å². The van der Waals surface area contributed by atoms with Gasteiger partial charge in [-0.2, -0.15) is 4.31 Å². The zero-order valence-corrected chi connectivity index (χ0v) is 24.4. The Bertz CT molecular complexity index is 1560. The Morgan fingerprint density at radius 2 is 1.82 bits per heavy atom. The Hall–Kier alpha value is -2.88. The maximum atomic E-state index is 13.1. The lowest BCUT2D eigenvalue weighted by Gasteiger charge is -2.31. The quantitative estimate of drug-likeness (QED) is 0.123. The summed E-state index contributed by atoms with van der Waals surface area (Å²) in [4.78, 5) is 35.0. The summed E-state index contributed by atoms with van der Waals surface area (Å²) in [5.41, 5.74) is 11.5. The van der Waals surface area contributed by atoms with Crippen LogP contribution < -0.4 is 11.5 Å². The van der Waals surface area contributed by atoms with E-state index in [-0.39, 0.29) is 29.1 Å². The monoisotopic (exact) mass is 665 g/mol. The van der Waals surface area contributed by atoms with Gasteiger partial charge in [0.25, 0.3) is 0 Å². The summed E-state index contributed by atoms with van der Waals surface area (Å²) < 4.78 is 57.2. The van der Waals surface area contributed by atoms with Gasteiger partial charge in [0.15, 0.2) is 30.2 Å². The van der Waals surface area contributed by atoms with Crippen LogP contribution >= 0.6 is 15.6 Å². The zero-order chi connectivity index (χ0) is 32.0. The molecule has 1 amide bonds. The van der Waals surface area contributed by atoms with E-state index in [0.29, 0.717) is 0 Å². The number of allylic oxidation sites excluding steroid dienone is 2. The largest absolute Gasteiger partial charge is 0.485 e. The summed E-state index contributed by atoms with van der Waals surface area (Å²) in [7, 11) is -9.59. The molecule has 3 aliphatic rings. The SMILES string of the molecule is COP(=O)(O[C@H]1O[C@@H](n2cnc3c(N)ncnc32)[C@H](O)[C@H]1O)OP(=O)(O)OC[C@H]1O[C@@H](N2C=CC=C(C(N)=O)C2)[C@H](O)[C@H]1O. The topological polar surface area (TPSA) is 307 Å². The Kier molecular flexibility index (Phi) is 9.23. The normalized spacial score (nSPS) is 33.3. The van der Waals surface area contributed by atoms with Gasteiger partial charge in [-0.05, 0) is 6.08 Å². The molecule has 0 saturated carbocycles. The number of rotatable bonds is 11. The number of ether oxygens (including phenoxy) is 2. The molecule has 2 saturated heterocycles. The van der Waals surface area contributed by atoms with Crippen LogP contribution in [-0.2, 0) is 41.3 Å². The number of nitrogen functional groups attached to an aromatic ring is 1. The summed E-state index contributed by atoms with van der Waals surface area (Å²) in [6, 6.07) is 0. The number of hydrogen-bond donors (Lipinski definition) is 7. The second kappa shape index (κ2) is 12.5. The molecule has 0 spiro atoms. The Balaban J connectivity index is 1.20. The summed E-state index contributed by atoms with van der Waals surface area (Å²) >= 11 is 0. The average Bonchev–Trinajstić information content (AvgIpc) is 3.62. The summed E-state index contributed by atoms with van der Waals surface area (Å²) in [5.74, 6) is -0.672. The molecule has 10 atom stereocenters. The minimum absolute atomic E-state index is 0.0313. The summed E-state index contributed by atoms with van der Waals surface area (Å²) in [6.45, 7) is -0.905. The predicted molar refractivity (Wildman–Crippen MR) is 142 cm³/mol. The van der Waals surface area contributed by atoms with Gasteiger partial charge < -0.3 is 51.2 Å². The highest BCUT2D eigenvalue weighted by atomic mass is 31.3. The fraction of sp³-hybridized carbons (Fsp3) is 0.524. The van der Waals surface area contributed by atoms with Crippen molar-refractivity contribution in [2.45, 2.75) is 49.3 Å². The molecule has 2 fully saturated rings. The number of nitrogens with zero attached hydrogens (tertiary/aromatic N) is 5. The van der Waals surface area contributed by atoms with Crippen molar-refractivity contribution in [2.24, 2.45) is 5.73 Å². The van der Waals surface area contributed by atoms with Crippen molar-refractivity contribution >= 4 is 38.5 Å². The molecule has 44 heavy (non-hydrogen) atoms. The van der Waals surface area contributed by atoms with E-state index in [1.165, 1.54) is 34.1 Å². The third-order valence-corrected chi connectivity index (χ3v) is 9.84. The zero-order valence-electron chi connectivity index (χ0n) is 22.6. The van der Waals surface area contributed by atoms with Gasteiger partial charge in [0.2, 0.25) is 5.91 Å². The number of aliphatic hydroxyl groups excluding tert-OH is 4. The second-order valence-corrected chi connectivity index (χ2v) is 13.0. The van der Waals surface area contributed by atoms with E-state index in [1.807, 2.05) is 0 Å². The molecule has 9 N–H and O–H groups in total. The maximum Gasteiger partial charge on any atom is 0.485 e. The average molecular weight is 665 g/mol. The molecule has 242 valence electrons. The summed E-state index contributed by atoms with van der Waals surface area (Å²) in [5, 5.41) is 41.9. The highest BCUT2D eigenvalue weighted by Gasteiger charge is 2.51. The van der Waals surface area contributed by atoms with E-state index >= 15 is 0 Å². The number of nitrogens with two attached hydrogens (primary N) is 2. The first-order valence-electron chi connectivity index (χ1n) is 12.7. The first-order valence-corrected chi connectivity index (χ1v) is 15.6. The van der Waals surface area contributed by atoms with E-state index in [9.17, 15) is 39.2 Å². The number of fused-ring (bicyclic) bond motifs is 1. The van der Waals surface area contributed by atoms with Crippen LogP contribution in [0.1, 0.15) is 6.23 Å². The van der Waals surface area contributed by atoms with Gasteiger partial charge in [0.05, 0.1) is 19.5 Å². The first kappa shape index (κ1) is 32.5. The van der Waals surface area contributed by atoms with Crippen molar-refractivity contribution < 1.29 is 66.6 Å². The van der Waals surface area contributed by atoms with Gasteiger partial charge in [-0.1, -0.05) is 6.08 Å². The molecule has 2 aromatic rings. The number of aliphatic hydroxyl groups is 4. The molecule has 23 heteroatoms.